The molecule has 0 spiro atoms. The Balaban J connectivity index is 1.54. The van der Waals surface area contributed by atoms with Gasteiger partial charge in [-0.1, -0.05) is 42.7 Å². The summed E-state index contributed by atoms with van der Waals surface area (Å²) in [5, 5.41) is 9.61. The summed E-state index contributed by atoms with van der Waals surface area (Å²) in [5.74, 6) is 1.13. The molecule has 2 nitrogen and oxygen atoms in total. The van der Waals surface area contributed by atoms with Crippen LogP contribution in [-0.2, 0) is 0 Å². The molecule has 3 rings (SSSR count). The lowest BCUT2D eigenvalue weighted by Crippen LogP contribution is -2.31. The maximum absolute atomic E-state index is 9.61. The third kappa shape index (κ3) is 4.90. The Morgan fingerprint density at radius 2 is 2.04 bits per heavy atom. The zero-order chi connectivity index (χ0) is 20.4. The lowest BCUT2D eigenvalue weighted by Gasteiger charge is -2.35. The van der Waals surface area contributed by atoms with Gasteiger partial charge in [0.15, 0.2) is 0 Å². The van der Waals surface area contributed by atoms with Gasteiger partial charge in [-0.05, 0) is 95.4 Å². The Kier molecular flexibility index (Phi) is 6.07. The van der Waals surface area contributed by atoms with Crippen molar-refractivity contribution in [3.8, 4) is 11.5 Å². The second kappa shape index (κ2) is 8.19. The smallest absolute Gasteiger partial charge is 0.128 e. The van der Waals surface area contributed by atoms with E-state index in [4.69, 9.17) is 4.74 Å². The number of fused-ring (bicyclic) bond motifs is 1. The summed E-state index contributed by atoms with van der Waals surface area (Å²) in [7, 11) is 0. The average Bonchev–Trinajstić information content (AvgIpc) is 2.61. The standard InChI is InChI=1S/C26H36O2/c1-19(10-12-23-20(2)9-7-15-25(23,3)4)8-6-16-26(5)17-14-21-18-22(27)11-13-24(21)28-26/h8,11,13-14,17-18,27H,6-7,9-10,12,15-16H2,1-5H3. The lowest BCUT2D eigenvalue weighted by molar-refractivity contribution is 0.128. The Labute approximate surface area is 171 Å². The molecule has 0 bridgehead atoms. The van der Waals surface area contributed by atoms with Gasteiger partial charge in [0.05, 0.1) is 0 Å². The number of benzene rings is 1. The first-order chi connectivity index (χ1) is 13.2. The highest BCUT2D eigenvalue weighted by Crippen LogP contribution is 2.42. The van der Waals surface area contributed by atoms with Crippen molar-refractivity contribution < 1.29 is 9.84 Å². The molecule has 1 atom stereocenters. The first kappa shape index (κ1) is 20.8. The normalized spacial score (nSPS) is 24.1. The van der Waals surface area contributed by atoms with E-state index >= 15 is 0 Å². The summed E-state index contributed by atoms with van der Waals surface area (Å²) in [6, 6.07) is 5.29. The van der Waals surface area contributed by atoms with Crippen LogP contribution >= 0.6 is 0 Å². The van der Waals surface area contributed by atoms with Gasteiger partial charge < -0.3 is 9.84 Å². The van der Waals surface area contributed by atoms with E-state index in [1.807, 2.05) is 6.07 Å². The number of ether oxygens (including phenoxy) is 1. The molecule has 1 unspecified atom stereocenters. The van der Waals surface area contributed by atoms with Crippen LogP contribution < -0.4 is 4.74 Å². The van der Waals surface area contributed by atoms with Crippen LogP contribution in [0.3, 0.4) is 0 Å². The largest absolute Gasteiger partial charge is 0.508 e. The molecule has 1 aromatic carbocycles. The molecule has 1 aromatic rings. The maximum Gasteiger partial charge on any atom is 0.128 e. The van der Waals surface area contributed by atoms with E-state index in [9.17, 15) is 5.11 Å². The van der Waals surface area contributed by atoms with Crippen LogP contribution in [-0.4, -0.2) is 10.7 Å². The summed E-state index contributed by atoms with van der Waals surface area (Å²) in [6.07, 6.45) is 14.8. The Hall–Kier alpha value is -1.96. The van der Waals surface area contributed by atoms with Crippen LogP contribution in [0.2, 0.25) is 0 Å². The van der Waals surface area contributed by atoms with Gasteiger partial charge in [-0.2, -0.15) is 0 Å². The molecule has 0 amide bonds. The lowest BCUT2D eigenvalue weighted by atomic mass is 9.71. The fourth-order valence-corrected chi connectivity index (χ4v) is 4.70. The maximum atomic E-state index is 9.61. The highest BCUT2D eigenvalue weighted by atomic mass is 16.5. The zero-order valence-corrected chi connectivity index (χ0v) is 18.3. The van der Waals surface area contributed by atoms with Gasteiger partial charge in [-0.25, -0.2) is 0 Å². The zero-order valence-electron chi connectivity index (χ0n) is 18.3. The average molecular weight is 381 g/mol. The molecular weight excluding hydrogens is 344 g/mol. The fraction of sp³-hybridized carbons (Fsp3) is 0.538. The van der Waals surface area contributed by atoms with Gasteiger partial charge in [0.25, 0.3) is 0 Å². The van der Waals surface area contributed by atoms with Crippen LogP contribution in [0.25, 0.3) is 6.08 Å². The van der Waals surface area contributed by atoms with E-state index in [1.165, 1.54) is 31.3 Å². The van der Waals surface area contributed by atoms with Crippen molar-refractivity contribution >= 4 is 6.08 Å². The minimum atomic E-state index is -0.286. The highest BCUT2D eigenvalue weighted by Gasteiger charge is 2.28. The van der Waals surface area contributed by atoms with Gasteiger partial charge in [0.1, 0.15) is 17.1 Å². The molecule has 2 aliphatic rings. The minimum Gasteiger partial charge on any atom is -0.508 e. The van der Waals surface area contributed by atoms with Gasteiger partial charge in [0.2, 0.25) is 0 Å². The van der Waals surface area contributed by atoms with Crippen molar-refractivity contribution in [2.75, 3.05) is 0 Å². The van der Waals surface area contributed by atoms with Crippen LogP contribution in [0, 0.1) is 5.41 Å². The minimum absolute atomic E-state index is 0.278. The molecule has 1 N–H and O–H groups in total. The number of hydrogen-bond donors (Lipinski definition) is 1. The van der Waals surface area contributed by atoms with Crippen molar-refractivity contribution in [2.24, 2.45) is 5.41 Å². The van der Waals surface area contributed by atoms with Crippen molar-refractivity contribution in [3.05, 3.63) is 52.6 Å². The second-order valence-electron chi connectivity index (χ2n) is 9.56. The van der Waals surface area contributed by atoms with Gasteiger partial charge in [0, 0.05) is 5.56 Å². The van der Waals surface area contributed by atoms with Crippen molar-refractivity contribution in [2.45, 2.75) is 85.2 Å². The molecule has 1 aliphatic heterocycles. The number of phenols is 1. The molecule has 0 radical (unpaired) electrons. The fourth-order valence-electron chi connectivity index (χ4n) is 4.70. The number of rotatable bonds is 6. The monoisotopic (exact) mass is 380 g/mol. The van der Waals surface area contributed by atoms with E-state index < -0.39 is 0 Å². The number of phenolic OH excluding ortho intramolecular Hbond substituents is 1. The third-order valence-electron chi connectivity index (χ3n) is 6.54. The van der Waals surface area contributed by atoms with Crippen LogP contribution in [0.5, 0.6) is 11.5 Å². The summed E-state index contributed by atoms with van der Waals surface area (Å²) in [4.78, 5) is 0. The third-order valence-corrected chi connectivity index (χ3v) is 6.54. The van der Waals surface area contributed by atoms with Crippen molar-refractivity contribution in [3.63, 3.8) is 0 Å². The molecule has 2 heteroatoms. The topological polar surface area (TPSA) is 29.5 Å². The van der Waals surface area contributed by atoms with E-state index in [2.05, 4.69) is 52.8 Å². The molecular formula is C26H36O2. The molecule has 0 saturated carbocycles. The van der Waals surface area contributed by atoms with Crippen molar-refractivity contribution in [1.29, 1.82) is 0 Å². The van der Waals surface area contributed by atoms with Crippen LogP contribution in [0.4, 0.5) is 0 Å². The Morgan fingerprint density at radius 3 is 2.79 bits per heavy atom. The SMILES string of the molecule is CC(=CCCC1(C)C=Cc2cc(O)ccc2O1)CCC1=C(C)CCCC1(C)C. The Morgan fingerprint density at radius 1 is 1.25 bits per heavy atom. The van der Waals surface area contributed by atoms with Gasteiger partial charge >= 0.3 is 0 Å². The predicted octanol–water partition coefficient (Wildman–Crippen LogP) is 7.59. The van der Waals surface area contributed by atoms with Crippen LogP contribution in [0.15, 0.2) is 47.1 Å². The molecule has 0 aromatic heterocycles. The first-order valence-electron chi connectivity index (χ1n) is 10.7. The van der Waals surface area contributed by atoms with Gasteiger partial charge in [-0.15, -0.1) is 0 Å². The van der Waals surface area contributed by atoms with E-state index in [0.717, 1.165) is 30.6 Å². The van der Waals surface area contributed by atoms with E-state index in [-0.39, 0.29) is 11.4 Å². The number of aromatic hydroxyl groups is 1. The first-order valence-corrected chi connectivity index (χ1v) is 10.7. The summed E-state index contributed by atoms with van der Waals surface area (Å²) in [6.45, 7) is 11.6. The Bertz CT molecular complexity index is 810. The predicted molar refractivity (Wildman–Crippen MR) is 119 cm³/mol. The molecule has 0 saturated heterocycles. The van der Waals surface area contributed by atoms with Crippen LogP contribution in [0.1, 0.15) is 85.1 Å². The molecule has 1 aliphatic carbocycles. The number of allylic oxidation sites excluding steroid dienone is 4. The number of hydrogen-bond acceptors (Lipinski definition) is 2. The highest BCUT2D eigenvalue weighted by molar-refractivity contribution is 5.62. The summed E-state index contributed by atoms with van der Waals surface area (Å²) < 4.78 is 6.22. The quantitative estimate of drug-likeness (QED) is 0.515. The van der Waals surface area contributed by atoms with E-state index in [0.29, 0.717) is 5.41 Å². The molecule has 28 heavy (non-hydrogen) atoms. The summed E-state index contributed by atoms with van der Waals surface area (Å²) >= 11 is 0. The van der Waals surface area contributed by atoms with Crippen molar-refractivity contribution in [1.82, 2.24) is 0 Å². The summed E-state index contributed by atoms with van der Waals surface area (Å²) in [5.41, 5.74) is 5.83. The molecule has 0 fully saturated rings. The van der Waals surface area contributed by atoms with Gasteiger partial charge in [-0.3, -0.25) is 0 Å². The molecule has 1 heterocycles. The second-order valence-corrected chi connectivity index (χ2v) is 9.56. The molecule has 152 valence electrons. The van der Waals surface area contributed by atoms with E-state index in [1.54, 1.807) is 23.3 Å².